The molecule has 0 amide bonds. The molecule has 0 fully saturated rings. The van der Waals surface area contributed by atoms with E-state index in [1.54, 1.807) is 0 Å². The van der Waals surface area contributed by atoms with Crippen molar-refractivity contribution >= 4 is 27.2 Å². The van der Waals surface area contributed by atoms with Gasteiger partial charge in [0.2, 0.25) is 0 Å². The second kappa shape index (κ2) is 9.29. The van der Waals surface area contributed by atoms with Crippen LogP contribution in [0.15, 0.2) is 63.7 Å². The van der Waals surface area contributed by atoms with Crippen molar-refractivity contribution in [3.8, 4) is 0 Å². The van der Waals surface area contributed by atoms with E-state index in [4.69, 9.17) is 4.55 Å². The molecule has 0 radical (unpaired) electrons. The topological polar surface area (TPSA) is 82.3 Å². The fourth-order valence-electron chi connectivity index (χ4n) is 2.12. The largest absolute Gasteiger partial charge is 1.00 e. The number of benzene rings is 2. The molecule has 124 valence electrons. The zero-order chi connectivity index (χ0) is 16.9. The van der Waals surface area contributed by atoms with Crippen LogP contribution in [0.25, 0.3) is 0 Å². The third-order valence-corrected chi connectivity index (χ3v) is 4.26. The molecule has 0 atom stereocenters. The predicted octanol–water partition coefficient (Wildman–Crippen LogP) is 1.31. The van der Waals surface area contributed by atoms with Crippen molar-refractivity contribution in [2.24, 2.45) is 10.2 Å². The summed E-state index contributed by atoms with van der Waals surface area (Å²) in [6.07, 6.45) is 0. The minimum absolute atomic E-state index is 0. The maximum absolute atomic E-state index is 11.0. The summed E-state index contributed by atoms with van der Waals surface area (Å²) < 4.78 is 30.8. The first-order valence-electron chi connectivity index (χ1n) is 7.28. The third kappa shape index (κ3) is 5.68. The van der Waals surface area contributed by atoms with Gasteiger partial charge in [0.1, 0.15) is 0 Å². The van der Waals surface area contributed by atoms with Crippen LogP contribution < -0.4 is 34.5 Å². The van der Waals surface area contributed by atoms with E-state index in [0.717, 1.165) is 18.8 Å². The van der Waals surface area contributed by atoms with Crippen molar-refractivity contribution in [3.63, 3.8) is 0 Å². The van der Waals surface area contributed by atoms with Crippen molar-refractivity contribution in [1.82, 2.24) is 0 Å². The van der Waals surface area contributed by atoms with Gasteiger partial charge in [-0.05, 0) is 62.4 Å². The molecule has 6 nitrogen and oxygen atoms in total. The molecule has 0 aliphatic carbocycles. The molecule has 0 aliphatic rings. The van der Waals surface area contributed by atoms with Gasteiger partial charge in [-0.1, -0.05) is 0 Å². The first-order valence-corrected chi connectivity index (χ1v) is 8.72. The summed E-state index contributed by atoms with van der Waals surface area (Å²) in [5, 5.41) is 8.16. The molecule has 2 aromatic carbocycles. The number of azo groups is 1. The summed E-state index contributed by atoms with van der Waals surface area (Å²) in [5.41, 5.74) is 2.34. The van der Waals surface area contributed by atoms with E-state index in [2.05, 4.69) is 29.0 Å². The van der Waals surface area contributed by atoms with Crippen LogP contribution in [0, 0.1) is 0 Å². The molecule has 0 aromatic heterocycles. The van der Waals surface area contributed by atoms with Crippen LogP contribution in [-0.4, -0.2) is 26.1 Å². The molecule has 0 saturated heterocycles. The van der Waals surface area contributed by atoms with E-state index in [0.29, 0.717) is 11.4 Å². The van der Waals surface area contributed by atoms with Crippen LogP contribution in [-0.2, 0) is 10.1 Å². The van der Waals surface area contributed by atoms with Gasteiger partial charge < -0.3 is 6.33 Å². The Morgan fingerprint density at radius 1 is 0.917 bits per heavy atom. The van der Waals surface area contributed by atoms with Crippen LogP contribution in [0.5, 0.6) is 0 Å². The Kier molecular flexibility index (Phi) is 8.05. The van der Waals surface area contributed by atoms with Crippen LogP contribution in [0.2, 0.25) is 0 Å². The molecule has 2 aromatic rings. The molecular weight excluding hydrogens is 337 g/mol. The van der Waals surface area contributed by atoms with Gasteiger partial charge in [-0.25, -0.2) is 0 Å². The normalized spacial score (nSPS) is 11.3. The van der Waals surface area contributed by atoms with Gasteiger partial charge >= 0.3 is 29.6 Å². The molecular formula is C16H20N3NaO3S. The Morgan fingerprint density at radius 2 is 1.33 bits per heavy atom. The Labute approximate surface area is 166 Å². The Morgan fingerprint density at radius 3 is 1.71 bits per heavy atom. The fourth-order valence-corrected chi connectivity index (χ4v) is 2.60. The van der Waals surface area contributed by atoms with Gasteiger partial charge in [-0.3, -0.25) is 4.55 Å². The SMILES string of the molecule is CCN(CC)c1ccc(N=Nc2ccc(S(=O)(=O)O)cc2)cc1.[H-].[Na+]. The second-order valence-electron chi connectivity index (χ2n) is 4.86. The van der Waals surface area contributed by atoms with Crippen LogP contribution in [0.3, 0.4) is 0 Å². The quantitative estimate of drug-likeness (QED) is 0.480. The van der Waals surface area contributed by atoms with Crippen molar-refractivity contribution in [1.29, 1.82) is 0 Å². The number of rotatable bonds is 6. The molecule has 2 rings (SSSR count). The smallest absolute Gasteiger partial charge is 1.00 e. The van der Waals surface area contributed by atoms with E-state index in [1.165, 1.54) is 24.3 Å². The van der Waals surface area contributed by atoms with Gasteiger partial charge in [-0.2, -0.15) is 18.6 Å². The number of nitrogens with zero attached hydrogens (tertiary/aromatic N) is 3. The van der Waals surface area contributed by atoms with E-state index in [9.17, 15) is 8.42 Å². The number of hydrogen-bond donors (Lipinski definition) is 1. The zero-order valence-corrected chi connectivity index (χ0v) is 16.9. The summed E-state index contributed by atoms with van der Waals surface area (Å²) in [5.74, 6) is 0. The van der Waals surface area contributed by atoms with Crippen molar-refractivity contribution in [3.05, 3.63) is 48.5 Å². The summed E-state index contributed by atoms with van der Waals surface area (Å²) in [7, 11) is -4.18. The maximum atomic E-state index is 11.0. The molecule has 0 spiro atoms. The predicted molar refractivity (Wildman–Crippen MR) is 91.5 cm³/mol. The number of hydrogen-bond acceptors (Lipinski definition) is 5. The Hall–Kier alpha value is -1.25. The van der Waals surface area contributed by atoms with Gasteiger partial charge in [0.05, 0.1) is 16.3 Å². The van der Waals surface area contributed by atoms with Gasteiger partial charge in [0, 0.05) is 18.8 Å². The molecule has 0 heterocycles. The molecule has 8 heteroatoms. The molecule has 0 aliphatic heterocycles. The zero-order valence-electron chi connectivity index (χ0n) is 15.0. The van der Waals surface area contributed by atoms with Gasteiger partial charge in [0.25, 0.3) is 10.1 Å². The fraction of sp³-hybridized carbons (Fsp3) is 0.250. The van der Waals surface area contributed by atoms with E-state index in [1.807, 2.05) is 24.3 Å². The minimum Gasteiger partial charge on any atom is -1.00 e. The molecule has 0 unspecified atom stereocenters. The van der Waals surface area contributed by atoms with Gasteiger partial charge in [0.15, 0.2) is 0 Å². The summed E-state index contributed by atoms with van der Waals surface area (Å²) in [4.78, 5) is 2.06. The number of anilines is 1. The first-order chi connectivity index (χ1) is 10.9. The molecule has 0 bridgehead atoms. The Bertz CT molecular complexity index is 777. The third-order valence-electron chi connectivity index (χ3n) is 3.39. The second-order valence-corrected chi connectivity index (χ2v) is 6.28. The van der Waals surface area contributed by atoms with E-state index >= 15 is 0 Å². The van der Waals surface area contributed by atoms with Crippen molar-refractivity contribution < 1.29 is 44.0 Å². The molecule has 0 saturated carbocycles. The minimum atomic E-state index is -4.18. The van der Waals surface area contributed by atoms with E-state index < -0.39 is 10.1 Å². The summed E-state index contributed by atoms with van der Waals surface area (Å²) >= 11 is 0. The average molecular weight is 357 g/mol. The summed E-state index contributed by atoms with van der Waals surface area (Å²) in [6.45, 7) is 6.09. The van der Waals surface area contributed by atoms with Crippen LogP contribution in [0.1, 0.15) is 15.3 Å². The average Bonchev–Trinajstić information content (AvgIpc) is 2.55. The van der Waals surface area contributed by atoms with Crippen molar-refractivity contribution in [2.75, 3.05) is 18.0 Å². The molecule has 24 heavy (non-hydrogen) atoms. The van der Waals surface area contributed by atoms with Gasteiger partial charge in [-0.15, -0.1) is 0 Å². The standard InChI is InChI=1S/C16H19N3O3S.Na.H/c1-3-19(4-2)15-9-5-13(6-10-15)17-18-14-7-11-16(12-8-14)23(20,21)22;;/h5-12H,3-4H2,1-2H3,(H,20,21,22);;/q;+1;-1. The van der Waals surface area contributed by atoms with Crippen LogP contribution >= 0.6 is 0 Å². The van der Waals surface area contributed by atoms with Crippen LogP contribution in [0.4, 0.5) is 17.1 Å². The molecule has 1 N–H and O–H groups in total. The first kappa shape index (κ1) is 20.8. The van der Waals surface area contributed by atoms with E-state index in [-0.39, 0.29) is 35.9 Å². The Balaban J connectivity index is 0.00000288. The maximum Gasteiger partial charge on any atom is 1.00 e. The summed E-state index contributed by atoms with van der Waals surface area (Å²) in [6, 6.07) is 13.3. The van der Waals surface area contributed by atoms with Crippen molar-refractivity contribution in [2.45, 2.75) is 18.7 Å². The monoisotopic (exact) mass is 357 g/mol.